The third-order valence-electron chi connectivity index (χ3n) is 4.91. The normalized spacial score (nSPS) is 11.1. The molecule has 0 aromatic heterocycles. The summed E-state index contributed by atoms with van der Waals surface area (Å²) in [6, 6.07) is 10.4. The second-order valence-corrected chi connectivity index (χ2v) is 8.82. The average molecular weight is 443 g/mol. The van der Waals surface area contributed by atoms with Gasteiger partial charge in [0.2, 0.25) is 0 Å². The summed E-state index contributed by atoms with van der Waals surface area (Å²) >= 11 is 0. The van der Waals surface area contributed by atoms with Crippen molar-refractivity contribution >= 4 is 10.1 Å². The van der Waals surface area contributed by atoms with E-state index >= 15 is 0 Å². The topological polar surface area (TPSA) is 86.7 Å². The van der Waals surface area contributed by atoms with E-state index in [-0.39, 0.29) is 40.2 Å². The Morgan fingerprint density at radius 1 is 0.900 bits per heavy atom. The Balaban J connectivity index is 0.00000450. The zero-order valence-corrected chi connectivity index (χ0v) is 20.9. The van der Waals surface area contributed by atoms with Crippen LogP contribution >= 0.6 is 0 Å². The Kier molecular flexibility index (Phi) is 12.7. The van der Waals surface area contributed by atoms with E-state index in [1.165, 1.54) is 68.9 Å². The molecule has 0 spiro atoms. The largest absolute Gasteiger partial charge is 1.00 e. The van der Waals surface area contributed by atoms with Crippen LogP contribution in [0.25, 0.3) is 0 Å². The summed E-state index contributed by atoms with van der Waals surface area (Å²) in [6.45, 7) is 2.21. The fourth-order valence-electron chi connectivity index (χ4n) is 3.30. The summed E-state index contributed by atoms with van der Waals surface area (Å²) in [5.74, 6) is 0.755. The van der Waals surface area contributed by atoms with Crippen LogP contribution in [0.3, 0.4) is 0 Å². The van der Waals surface area contributed by atoms with Crippen molar-refractivity contribution in [3.63, 3.8) is 0 Å². The van der Waals surface area contributed by atoms with Crippen LogP contribution in [0.2, 0.25) is 0 Å². The van der Waals surface area contributed by atoms with E-state index in [1.807, 2.05) is 0 Å². The van der Waals surface area contributed by atoms with Gasteiger partial charge in [0.15, 0.2) is 0 Å². The Morgan fingerprint density at radius 2 is 1.53 bits per heavy atom. The van der Waals surface area contributed by atoms with Crippen molar-refractivity contribution in [1.29, 1.82) is 0 Å². The third kappa shape index (κ3) is 9.84. The fraction of sp³-hybridized carbons (Fsp3) is 0.478. The Labute approximate surface area is 202 Å². The Morgan fingerprint density at radius 3 is 2.13 bits per heavy atom. The maximum atomic E-state index is 11.5. The van der Waals surface area contributed by atoms with Crippen LogP contribution < -0.4 is 39.4 Å². The molecule has 0 fully saturated rings. The van der Waals surface area contributed by atoms with Gasteiger partial charge in [0.05, 0.1) is 4.90 Å². The van der Waals surface area contributed by atoms with Crippen LogP contribution in [0.5, 0.6) is 17.2 Å². The maximum Gasteiger partial charge on any atom is 1.00 e. The number of benzene rings is 2. The molecule has 0 saturated heterocycles. The second kappa shape index (κ2) is 14.1. The molecule has 160 valence electrons. The van der Waals surface area contributed by atoms with Crippen molar-refractivity contribution in [3.05, 3.63) is 48.0 Å². The number of hydrogen-bond donors (Lipinski definition) is 1. The molecule has 30 heavy (non-hydrogen) atoms. The summed E-state index contributed by atoms with van der Waals surface area (Å²) in [6.07, 6.45) is 11.4. The Bertz CT molecular complexity index is 868. The van der Waals surface area contributed by atoms with Crippen LogP contribution in [0.1, 0.15) is 70.3 Å². The van der Waals surface area contributed by atoms with Gasteiger partial charge in [-0.2, -0.15) is 8.42 Å². The second-order valence-electron chi connectivity index (χ2n) is 7.40. The third-order valence-corrected chi connectivity index (χ3v) is 5.76. The molecule has 0 atom stereocenters. The van der Waals surface area contributed by atoms with E-state index in [2.05, 4.69) is 6.92 Å². The van der Waals surface area contributed by atoms with Crippen molar-refractivity contribution in [2.75, 3.05) is 0 Å². The van der Waals surface area contributed by atoms with Gasteiger partial charge in [-0.1, -0.05) is 70.4 Å². The Hall–Kier alpha value is -1.05. The number of hydrogen-bond acceptors (Lipinski definition) is 4. The molecule has 2 rings (SSSR count). The SMILES string of the molecule is CCCCCCCCCCCc1cc(S(=O)(=O)O)ccc1Oc1cccc([O-])c1.[Na+]. The van der Waals surface area contributed by atoms with Crippen LogP contribution in [-0.4, -0.2) is 13.0 Å². The van der Waals surface area contributed by atoms with E-state index in [1.54, 1.807) is 12.1 Å². The zero-order valence-electron chi connectivity index (χ0n) is 18.1. The van der Waals surface area contributed by atoms with Crippen molar-refractivity contribution in [2.24, 2.45) is 0 Å². The van der Waals surface area contributed by atoms with E-state index in [4.69, 9.17) is 4.74 Å². The minimum Gasteiger partial charge on any atom is -0.872 e. The first-order valence-electron chi connectivity index (χ1n) is 10.5. The molecule has 0 bridgehead atoms. The van der Waals surface area contributed by atoms with Gasteiger partial charge in [-0.15, -0.1) is 5.75 Å². The van der Waals surface area contributed by atoms with Crippen molar-refractivity contribution in [2.45, 2.75) is 76.0 Å². The smallest absolute Gasteiger partial charge is 0.872 e. The molecule has 0 radical (unpaired) electrons. The molecule has 2 aromatic carbocycles. The maximum absolute atomic E-state index is 11.5. The average Bonchev–Trinajstić information content (AvgIpc) is 2.67. The first kappa shape index (κ1) is 27.0. The molecule has 0 amide bonds. The fourth-order valence-corrected chi connectivity index (χ4v) is 3.83. The van der Waals surface area contributed by atoms with Gasteiger partial charge >= 0.3 is 29.6 Å². The first-order valence-corrected chi connectivity index (χ1v) is 11.9. The van der Waals surface area contributed by atoms with Crippen LogP contribution in [-0.2, 0) is 16.5 Å². The monoisotopic (exact) mass is 442 g/mol. The van der Waals surface area contributed by atoms with Crippen molar-refractivity contribution in [1.82, 2.24) is 0 Å². The molecular formula is C23H31NaO5S. The number of aryl methyl sites for hydroxylation is 1. The van der Waals surface area contributed by atoms with E-state index in [0.29, 0.717) is 23.5 Å². The van der Waals surface area contributed by atoms with Crippen molar-refractivity contribution in [3.8, 4) is 17.2 Å². The van der Waals surface area contributed by atoms with Crippen LogP contribution in [0.15, 0.2) is 47.4 Å². The number of unbranched alkanes of at least 4 members (excludes halogenated alkanes) is 8. The predicted molar refractivity (Wildman–Crippen MR) is 113 cm³/mol. The molecule has 7 heteroatoms. The molecule has 0 aliphatic rings. The van der Waals surface area contributed by atoms with E-state index in [9.17, 15) is 18.1 Å². The van der Waals surface area contributed by atoms with Gasteiger partial charge in [-0.05, 0) is 48.7 Å². The minimum atomic E-state index is -4.28. The molecule has 1 N–H and O–H groups in total. The van der Waals surface area contributed by atoms with E-state index in [0.717, 1.165) is 19.3 Å². The summed E-state index contributed by atoms with van der Waals surface area (Å²) in [4.78, 5) is -0.145. The predicted octanol–water partition coefficient (Wildman–Crippen LogP) is 2.88. The van der Waals surface area contributed by atoms with Gasteiger partial charge in [0.25, 0.3) is 10.1 Å². The van der Waals surface area contributed by atoms with Gasteiger partial charge in [-0.25, -0.2) is 0 Å². The number of rotatable bonds is 13. The van der Waals surface area contributed by atoms with Crippen molar-refractivity contribution < 1.29 is 52.4 Å². The standard InChI is InChI=1S/C23H32O5S.Na/c1-2-3-4-5-6-7-8-9-10-12-19-17-22(29(25,26)27)15-16-23(19)28-21-14-11-13-20(24)18-21;/h11,13-18,24H,2-10,12H2,1H3,(H,25,26,27);/q;+1/p-1. The molecule has 5 nitrogen and oxygen atoms in total. The van der Waals surface area contributed by atoms with E-state index < -0.39 is 10.1 Å². The molecular weight excluding hydrogens is 411 g/mol. The molecule has 0 unspecified atom stereocenters. The summed E-state index contributed by atoms with van der Waals surface area (Å²) in [7, 11) is -4.28. The first-order chi connectivity index (χ1) is 13.9. The number of ether oxygens (including phenoxy) is 1. The van der Waals surface area contributed by atoms with Gasteiger partial charge in [0.1, 0.15) is 11.5 Å². The van der Waals surface area contributed by atoms with Gasteiger partial charge < -0.3 is 9.84 Å². The van der Waals surface area contributed by atoms with Crippen LogP contribution in [0, 0.1) is 0 Å². The zero-order chi connectivity index (χ0) is 21.1. The molecule has 0 saturated carbocycles. The van der Waals surface area contributed by atoms with Gasteiger partial charge in [0, 0.05) is 0 Å². The molecule has 0 aliphatic carbocycles. The molecule has 0 heterocycles. The minimum absolute atomic E-state index is 0. The quantitative estimate of drug-likeness (QED) is 0.293. The van der Waals surface area contributed by atoms with Gasteiger partial charge in [-0.3, -0.25) is 4.55 Å². The van der Waals surface area contributed by atoms with Crippen LogP contribution in [0.4, 0.5) is 0 Å². The summed E-state index contributed by atoms with van der Waals surface area (Å²) in [5.41, 5.74) is 0.708. The summed E-state index contributed by atoms with van der Waals surface area (Å²) in [5, 5.41) is 11.5. The summed E-state index contributed by atoms with van der Waals surface area (Å²) < 4.78 is 38.2. The molecule has 0 aliphatic heterocycles. The molecule has 2 aromatic rings.